The predicted octanol–water partition coefficient (Wildman–Crippen LogP) is 3.19. The van der Waals surface area contributed by atoms with Crippen molar-refractivity contribution in [3.63, 3.8) is 0 Å². The molecule has 2 aromatic rings. The number of hydrogen-bond acceptors (Lipinski definition) is 3. The summed E-state index contributed by atoms with van der Waals surface area (Å²) in [6.45, 7) is 8.87. The van der Waals surface area contributed by atoms with Crippen molar-refractivity contribution in [2.75, 3.05) is 13.1 Å². The lowest BCUT2D eigenvalue weighted by atomic mass is 10.1. The van der Waals surface area contributed by atoms with E-state index in [4.69, 9.17) is 0 Å². The zero-order valence-electron chi connectivity index (χ0n) is 16.4. The van der Waals surface area contributed by atoms with Gasteiger partial charge in [0.1, 0.15) is 5.69 Å². The molecule has 1 fully saturated rings. The molecule has 0 aliphatic carbocycles. The first-order valence-electron chi connectivity index (χ1n) is 9.73. The zero-order chi connectivity index (χ0) is 19.4. The van der Waals surface area contributed by atoms with Crippen LogP contribution in [0.2, 0.25) is 0 Å². The zero-order valence-corrected chi connectivity index (χ0v) is 16.4. The number of carbonyl (C=O) groups is 2. The Morgan fingerprint density at radius 2 is 1.81 bits per heavy atom. The predicted molar refractivity (Wildman–Crippen MR) is 105 cm³/mol. The van der Waals surface area contributed by atoms with Crippen molar-refractivity contribution < 1.29 is 9.59 Å². The summed E-state index contributed by atoms with van der Waals surface area (Å²) < 4.78 is 1.74. The van der Waals surface area contributed by atoms with E-state index in [1.807, 2.05) is 42.2 Å². The van der Waals surface area contributed by atoms with Crippen LogP contribution in [0.3, 0.4) is 0 Å². The average molecular weight is 368 g/mol. The molecule has 0 atom stereocenters. The van der Waals surface area contributed by atoms with E-state index in [1.54, 1.807) is 4.68 Å². The molecule has 0 saturated carbocycles. The topological polar surface area (TPSA) is 67.2 Å². The lowest BCUT2D eigenvalue weighted by molar-refractivity contribution is 0.0792. The van der Waals surface area contributed by atoms with E-state index in [0.717, 1.165) is 37.2 Å². The van der Waals surface area contributed by atoms with Gasteiger partial charge in [-0.2, -0.15) is 5.10 Å². The van der Waals surface area contributed by atoms with Crippen molar-refractivity contribution in [3.05, 3.63) is 52.8 Å². The van der Waals surface area contributed by atoms with Crippen LogP contribution in [-0.2, 0) is 13.1 Å². The van der Waals surface area contributed by atoms with Gasteiger partial charge in [-0.15, -0.1) is 0 Å². The standard InChI is InChI=1S/C21H28N4O2/c1-4-25-19(13-18(23-25)15(2)3)20(26)22-14-16-7-9-17(10-8-16)21(27)24-11-5-6-12-24/h7-10,13,15H,4-6,11-12,14H2,1-3H3,(H,22,26). The first kappa shape index (κ1) is 19.1. The highest BCUT2D eigenvalue weighted by Crippen LogP contribution is 2.16. The van der Waals surface area contributed by atoms with Crippen LogP contribution in [-0.4, -0.2) is 39.6 Å². The fourth-order valence-electron chi connectivity index (χ4n) is 3.28. The van der Waals surface area contributed by atoms with Crippen molar-refractivity contribution in [2.45, 2.75) is 52.6 Å². The lowest BCUT2D eigenvalue weighted by Crippen LogP contribution is -2.27. The second-order valence-corrected chi connectivity index (χ2v) is 7.30. The smallest absolute Gasteiger partial charge is 0.269 e. The van der Waals surface area contributed by atoms with Gasteiger partial charge in [0.2, 0.25) is 0 Å². The highest BCUT2D eigenvalue weighted by Gasteiger charge is 2.19. The van der Waals surface area contributed by atoms with Crippen molar-refractivity contribution in [1.82, 2.24) is 20.0 Å². The van der Waals surface area contributed by atoms with Gasteiger partial charge < -0.3 is 10.2 Å². The molecule has 3 rings (SSSR count). The van der Waals surface area contributed by atoms with Crippen LogP contribution < -0.4 is 5.32 Å². The van der Waals surface area contributed by atoms with Crippen molar-refractivity contribution >= 4 is 11.8 Å². The van der Waals surface area contributed by atoms with Gasteiger partial charge >= 0.3 is 0 Å². The molecule has 1 aliphatic heterocycles. The molecule has 2 amide bonds. The Bertz CT molecular complexity index is 802. The summed E-state index contributed by atoms with van der Waals surface area (Å²) in [6, 6.07) is 9.35. The minimum absolute atomic E-state index is 0.0937. The van der Waals surface area contributed by atoms with Gasteiger partial charge in [0, 0.05) is 31.7 Å². The average Bonchev–Trinajstić information content (AvgIpc) is 3.35. The molecule has 6 heteroatoms. The second kappa shape index (κ2) is 8.37. The molecule has 1 aromatic carbocycles. The number of likely N-dealkylation sites (tertiary alicyclic amines) is 1. The summed E-state index contributed by atoms with van der Waals surface area (Å²) in [5, 5.41) is 7.44. The normalized spacial score (nSPS) is 14.0. The summed E-state index contributed by atoms with van der Waals surface area (Å²) >= 11 is 0. The summed E-state index contributed by atoms with van der Waals surface area (Å²) in [5.41, 5.74) is 3.18. The number of hydrogen-bond donors (Lipinski definition) is 1. The molecule has 144 valence electrons. The Morgan fingerprint density at radius 1 is 1.15 bits per heavy atom. The molecule has 1 saturated heterocycles. The lowest BCUT2D eigenvalue weighted by Gasteiger charge is -2.15. The van der Waals surface area contributed by atoms with Crippen LogP contribution in [0.5, 0.6) is 0 Å². The number of nitrogens with one attached hydrogen (secondary N) is 1. The Labute approximate surface area is 160 Å². The van der Waals surface area contributed by atoms with Crippen LogP contribution in [0, 0.1) is 0 Å². The van der Waals surface area contributed by atoms with Gasteiger partial charge in [0.05, 0.1) is 5.69 Å². The molecule has 0 bridgehead atoms. The summed E-state index contributed by atoms with van der Waals surface area (Å²) in [6.07, 6.45) is 2.17. The highest BCUT2D eigenvalue weighted by atomic mass is 16.2. The van der Waals surface area contributed by atoms with E-state index in [9.17, 15) is 9.59 Å². The van der Waals surface area contributed by atoms with Gasteiger partial charge in [0.15, 0.2) is 0 Å². The van der Waals surface area contributed by atoms with E-state index >= 15 is 0 Å². The Balaban J connectivity index is 1.61. The van der Waals surface area contributed by atoms with E-state index in [2.05, 4.69) is 24.3 Å². The fourth-order valence-corrected chi connectivity index (χ4v) is 3.28. The van der Waals surface area contributed by atoms with Crippen LogP contribution in [0.25, 0.3) is 0 Å². The van der Waals surface area contributed by atoms with Crippen LogP contribution in [0.1, 0.15) is 71.6 Å². The number of aryl methyl sites for hydroxylation is 1. The second-order valence-electron chi connectivity index (χ2n) is 7.30. The molecule has 27 heavy (non-hydrogen) atoms. The third kappa shape index (κ3) is 4.38. The molecule has 2 heterocycles. The maximum atomic E-state index is 12.6. The largest absolute Gasteiger partial charge is 0.347 e. The number of amides is 2. The van der Waals surface area contributed by atoms with Crippen LogP contribution in [0.4, 0.5) is 0 Å². The SMILES string of the molecule is CCn1nc(C(C)C)cc1C(=O)NCc1ccc(C(=O)N2CCCC2)cc1. The monoisotopic (exact) mass is 368 g/mol. The van der Waals surface area contributed by atoms with Gasteiger partial charge in [-0.25, -0.2) is 0 Å². The molecule has 0 spiro atoms. The Morgan fingerprint density at radius 3 is 2.41 bits per heavy atom. The molecular weight excluding hydrogens is 340 g/mol. The minimum atomic E-state index is -0.131. The third-order valence-corrected chi connectivity index (χ3v) is 4.97. The first-order valence-corrected chi connectivity index (χ1v) is 9.73. The first-order chi connectivity index (χ1) is 13.0. The minimum Gasteiger partial charge on any atom is -0.347 e. The Hall–Kier alpha value is -2.63. The molecule has 1 aliphatic rings. The van der Waals surface area contributed by atoms with Gasteiger partial charge in [-0.3, -0.25) is 14.3 Å². The van der Waals surface area contributed by atoms with Gasteiger partial charge in [-0.1, -0.05) is 26.0 Å². The van der Waals surface area contributed by atoms with E-state index in [-0.39, 0.29) is 17.7 Å². The molecule has 0 radical (unpaired) electrons. The van der Waals surface area contributed by atoms with Crippen LogP contribution in [0.15, 0.2) is 30.3 Å². The van der Waals surface area contributed by atoms with Crippen molar-refractivity contribution in [1.29, 1.82) is 0 Å². The maximum Gasteiger partial charge on any atom is 0.269 e. The molecule has 1 aromatic heterocycles. The quantitative estimate of drug-likeness (QED) is 0.851. The van der Waals surface area contributed by atoms with Crippen molar-refractivity contribution in [2.24, 2.45) is 0 Å². The number of rotatable bonds is 6. The third-order valence-electron chi connectivity index (χ3n) is 4.97. The highest BCUT2D eigenvalue weighted by molar-refractivity contribution is 5.94. The van der Waals surface area contributed by atoms with Gasteiger partial charge in [-0.05, 0) is 49.4 Å². The van der Waals surface area contributed by atoms with Crippen LogP contribution >= 0.6 is 0 Å². The number of carbonyl (C=O) groups excluding carboxylic acids is 2. The van der Waals surface area contributed by atoms with Gasteiger partial charge in [0.25, 0.3) is 11.8 Å². The molecule has 1 N–H and O–H groups in total. The summed E-state index contributed by atoms with van der Waals surface area (Å²) in [5.74, 6) is 0.245. The molecule has 6 nitrogen and oxygen atoms in total. The van der Waals surface area contributed by atoms with E-state index < -0.39 is 0 Å². The summed E-state index contributed by atoms with van der Waals surface area (Å²) in [4.78, 5) is 26.8. The number of benzene rings is 1. The maximum absolute atomic E-state index is 12.6. The van der Waals surface area contributed by atoms with E-state index in [0.29, 0.717) is 24.3 Å². The fraction of sp³-hybridized carbons (Fsp3) is 0.476. The number of aromatic nitrogens is 2. The van der Waals surface area contributed by atoms with E-state index in [1.165, 1.54) is 0 Å². The Kier molecular flexibility index (Phi) is 5.94. The van der Waals surface area contributed by atoms with Crippen molar-refractivity contribution in [3.8, 4) is 0 Å². The summed E-state index contributed by atoms with van der Waals surface area (Å²) in [7, 11) is 0. The molecular formula is C21H28N4O2. The number of nitrogens with zero attached hydrogens (tertiary/aromatic N) is 3. The molecule has 0 unspecified atom stereocenters.